The Morgan fingerprint density at radius 1 is 1.14 bits per heavy atom. The highest BCUT2D eigenvalue weighted by Crippen LogP contribution is 2.33. The molecule has 0 unspecified atom stereocenters. The Morgan fingerprint density at radius 2 is 1.95 bits per heavy atom. The fraction of sp³-hybridized carbons (Fsp3) is 0.158. The van der Waals surface area contributed by atoms with Crippen molar-refractivity contribution in [3.05, 3.63) is 82.0 Å². The van der Waals surface area contributed by atoms with E-state index in [1.165, 1.54) is 22.3 Å². The van der Waals surface area contributed by atoms with Gasteiger partial charge in [-0.25, -0.2) is 0 Å². The Labute approximate surface area is 131 Å². The fourth-order valence-electron chi connectivity index (χ4n) is 2.63. The van der Waals surface area contributed by atoms with E-state index in [1.807, 2.05) is 19.2 Å². The van der Waals surface area contributed by atoms with Crippen molar-refractivity contribution in [3.63, 3.8) is 0 Å². The Kier molecular flexibility index (Phi) is 3.60. The number of nitrogens with one attached hydrogen (secondary N) is 1. The van der Waals surface area contributed by atoms with Crippen molar-refractivity contribution in [1.29, 1.82) is 0 Å². The molecule has 1 N–H and O–H groups in total. The minimum Gasteiger partial charge on any atom is -0.361 e. The van der Waals surface area contributed by atoms with Crippen molar-refractivity contribution in [2.24, 2.45) is 0 Å². The molecule has 1 aliphatic heterocycles. The summed E-state index contributed by atoms with van der Waals surface area (Å²) in [6, 6.07) is 12.7. The SMILES string of the molecule is C=C1C(C)=CNc2ccc(Cc3cccc(C)c3Cl)cc21. The van der Waals surface area contributed by atoms with Gasteiger partial charge in [0.1, 0.15) is 0 Å². The summed E-state index contributed by atoms with van der Waals surface area (Å²) < 4.78 is 0. The molecule has 0 spiro atoms. The number of fused-ring (bicyclic) bond motifs is 1. The zero-order chi connectivity index (χ0) is 15.0. The first-order valence-electron chi connectivity index (χ1n) is 7.06. The Bertz CT molecular complexity index is 756. The average molecular weight is 296 g/mol. The molecule has 21 heavy (non-hydrogen) atoms. The molecule has 3 rings (SSSR count). The van der Waals surface area contributed by atoms with Crippen LogP contribution in [0.4, 0.5) is 5.69 Å². The number of hydrogen-bond donors (Lipinski definition) is 1. The predicted octanol–water partition coefficient (Wildman–Crippen LogP) is 5.58. The van der Waals surface area contributed by atoms with E-state index in [1.54, 1.807) is 0 Å². The van der Waals surface area contributed by atoms with Gasteiger partial charge in [0.15, 0.2) is 0 Å². The molecule has 1 aliphatic rings. The van der Waals surface area contributed by atoms with Crippen LogP contribution in [0.15, 0.2) is 54.8 Å². The lowest BCUT2D eigenvalue weighted by Gasteiger charge is -2.20. The van der Waals surface area contributed by atoms with E-state index in [4.69, 9.17) is 11.6 Å². The summed E-state index contributed by atoms with van der Waals surface area (Å²) in [4.78, 5) is 0. The van der Waals surface area contributed by atoms with Gasteiger partial charge >= 0.3 is 0 Å². The predicted molar refractivity (Wildman–Crippen MR) is 91.9 cm³/mol. The lowest BCUT2D eigenvalue weighted by Crippen LogP contribution is -2.03. The van der Waals surface area contributed by atoms with Crippen molar-refractivity contribution in [2.45, 2.75) is 20.3 Å². The summed E-state index contributed by atoms with van der Waals surface area (Å²) in [5, 5.41) is 4.17. The minimum atomic E-state index is 0.837. The normalized spacial score (nSPS) is 13.5. The highest BCUT2D eigenvalue weighted by Gasteiger charge is 2.13. The van der Waals surface area contributed by atoms with Crippen LogP contribution in [-0.2, 0) is 6.42 Å². The van der Waals surface area contributed by atoms with Gasteiger partial charge < -0.3 is 5.32 Å². The van der Waals surface area contributed by atoms with Crippen molar-refractivity contribution in [1.82, 2.24) is 0 Å². The molecule has 0 fully saturated rings. The number of anilines is 1. The number of allylic oxidation sites excluding steroid dienone is 2. The van der Waals surface area contributed by atoms with Gasteiger partial charge in [-0.3, -0.25) is 0 Å². The Morgan fingerprint density at radius 3 is 2.76 bits per heavy atom. The summed E-state index contributed by atoms with van der Waals surface area (Å²) in [6.45, 7) is 8.29. The third-order valence-electron chi connectivity index (χ3n) is 4.00. The van der Waals surface area contributed by atoms with Crippen molar-refractivity contribution in [2.75, 3.05) is 5.32 Å². The second-order valence-corrected chi connectivity index (χ2v) is 5.93. The molecule has 0 saturated carbocycles. The number of halogens is 1. The van der Waals surface area contributed by atoms with Crippen LogP contribution in [0.25, 0.3) is 5.57 Å². The second-order valence-electron chi connectivity index (χ2n) is 5.55. The van der Waals surface area contributed by atoms with E-state index in [9.17, 15) is 0 Å². The monoisotopic (exact) mass is 295 g/mol. The molecule has 0 saturated heterocycles. The summed E-state index contributed by atoms with van der Waals surface area (Å²) in [5.41, 5.74) is 8.09. The lowest BCUT2D eigenvalue weighted by atomic mass is 9.93. The van der Waals surface area contributed by atoms with Gasteiger partial charge in [0.2, 0.25) is 0 Å². The standard InChI is InChI=1S/C19H18ClN/c1-12-5-4-6-16(19(12)20)9-15-7-8-18-17(10-15)14(3)13(2)11-21-18/h4-8,10-11,21H,3,9H2,1-2H3. The molecule has 2 aromatic rings. The maximum atomic E-state index is 6.40. The molecule has 0 aliphatic carbocycles. The van der Waals surface area contributed by atoms with E-state index in [0.717, 1.165) is 28.3 Å². The molecule has 2 aromatic carbocycles. The number of aryl methyl sites for hydroxylation is 1. The third-order valence-corrected chi connectivity index (χ3v) is 4.54. The molecular weight excluding hydrogens is 278 g/mol. The van der Waals surface area contributed by atoms with Crippen LogP contribution >= 0.6 is 11.6 Å². The molecule has 0 amide bonds. The molecule has 0 atom stereocenters. The summed E-state index contributed by atoms with van der Waals surface area (Å²) >= 11 is 6.40. The third kappa shape index (κ3) is 2.62. The van der Waals surface area contributed by atoms with Gasteiger partial charge in [0.05, 0.1) is 0 Å². The van der Waals surface area contributed by atoms with E-state index in [0.29, 0.717) is 0 Å². The van der Waals surface area contributed by atoms with E-state index in [-0.39, 0.29) is 0 Å². The molecule has 0 aromatic heterocycles. The molecule has 2 heteroatoms. The smallest absolute Gasteiger partial charge is 0.0470 e. The van der Waals surface area contributed by atoms with Gasteiger partial charge in [0.25, 0.3) is 0 Å². The van der Waals surface area contributed by atoms with Crippen molar-refractivity contribution >= 4 is 22.9 Å². The summed E-state index contributed by atoms with van der Waals surface area (Å²) in [6.07, 6.45) is 2.84. The second kappa shape index (κ2) is 5.42. The Balaban J connectivity index is 1.95. The first-order chi connectivity index (χ1) is 10.1. The number of benzene rings is 2. The van der Waals surface area contributed by atoms with Crippen LogP contribution in [0.5, 0.6) is 0 Å². The first kappa shape index (κ1) is 14.0. The van der Waals surface area contributed by atoms with Gasteiger partial charge in [-0.1, -0.05) is 42.4 Å². The molecule has 106 valence electrons. The highest BCUT2D eigenvalue weighted by atomic mass is 35.5. The van der Waals surface area contributed by atoms with Gasteiger partial charge in [-0.15, -0.1) is 0 Å². The minimum absolute atomic E-state index is 0.837. The van der Waals surface area contributed by atoms with E-state index >= 15 is 0 Å². The summed E-state index contributed by atoms with van der Waals surface area (Å²) in [7, 11) is 0. The van der Waals surface area contributed by atoms with Gasteiger partial charge in [0, 0.05) is 22.5 Å². The number of rotatable bonds is 2. The quantitative estimate of drug-likeness (QED) is 0.762. The summed E-state index contributed by atoms with van der Waals surface area (Å²) in [5.74, 6) is 0. The maximum absolute atomic E-state index is 6.40. The Hall–Kier alpha value is -1.99. The van der Waals surface area contributed by atoms with Crippen LogP contribution in [0.1, 0.15) is 29.2 Å². The molecule has 1 nitrogen and oxygen atoms in total. The topological polar surface area (TPSA) is 12.0 Å². The van der Waals surface area contributed by atoms with Crippen LogP contribution in [-0.4, -0.2) is 0 Å². The zero-order valence-corrected chi connectivity index (χ0v) is 13.1. The molecule has 1 heterocycles. The van der Waals surface area contributed by atoms with Crippen LogP contribution in [0.2, 0.25) is 5.02 Å². The first-order valence-corrected chi connectivity index (χ1v) is 7.44. The molecular formula is C19H18ClN. The average Bonchev–Trinajstić information content (AvgIpc) is 2.48. The number of hydrogen-bond acceptors (Lipinski definition) is 1. The lowest BCUT2D eigenvalue weighted by molar-refractivity contribution is 1.18. The largest absolute Gasteiger partial charge is 0.361 e. The van der Waals surface area contributed by atoms with E-state index in [2.05, 4.69) is 49.2 Å². The van der Waals surface area contributed by atoms with Crippen LogP contribution in [0.3, 0.4) is 0 Å². The van der Waals surface area contributed by atoms with Crippen LogP contribution in [0, 0.1) is 6.92 Å². The maximum Gasteiger partial charge on any atom is 0.0470 e. The van der Waals surface area contributed by atoms with Crippen molar-refractivity contribution < 1.29 is 0 Å². The van der Waals surface area contributed by atoms with Crippen LogP contribution < -0.4 is 5.32 Å². The van der Waals surface area contributed by atoms with Gasteiger partial charge in [-0.2, -0.15) is 0 Å². The molecule has 0 bridgehead atoms. The van der Waals surface area contributed by atoms with Crippen molar-refractivity contribution in [3.8, 4) is 0 Å². The highest BCUT2D eigenvalue weighted by molar-refractivity contribution is 6.32. The zero-order valence-electron chi connectivity index (χ0n) is 12.3. The van der Waals surface area contributed by atoms with Gasteiger partial charge in [-0.05, 0) is 60.2 Å². The fourth-order valence-corrected chi connectivity index (χ4v) is 2.82. The molecule has 0 radical (unpaired) electrons. The van der Waals surface area contributed by atoms with E-state index < -0.39 is 0 Å².